The predicted molar refractivity (Wildman–Crippen MR) is 117 cm³/mol. The smallest absolute Gasteiger partial charge is 0.416 e. The Balaban J connectivity index is 2.09. The minimum absolute atomic E-state index is 0.0931. The fraction of sp³-hybridized carbons (Fsp3) is 0.409. The second-order valence-electron chi connectivity index (χ2n) is 7.61. The van der Waals surface area contributed by atoms with Crippen molar-refractivity contribution in [2.75, 3.05) is 23.7 Å². The molecule has 0 aliphatic carbocycles. The molecule has 0 fully saturated rings. The van der Waals surface area contributed by atoms with Gasteiger partial charge in [0.05, 0.1) is 24.1 Å². The summed E-state index contributed by atoms with van der Waals surface area (Å²) in [5, 5.41) is 2.58. The lowest BCUT2D eigenvalue weighted by atomic mass is 10.0. The van der Waals surface area contributed by atoms with E-state index in [2.05, 4.69) is 5.32 Å². The molecule has 0 spiro atoms. The highest BCUT2D eigenvalue weighted by molar-refractivity contribution is 7.92. The van der Waals surface area contributed by atoms with Crippen molar-refractivity contribution < 1.29 is 31.1 Å². The van der Waals surface area contributed by atoms with Gasteiger partial charge in [-0.25, -0.2) is 8.42 Å². The van der Waals surface area contributed by atoms with E-state index in [-0.39, 0.29) is 24.8 Å². The van der Waals surface area contributed by atoms with Gasteiger partial charge in [0.1, 0.15) is 18.4 Å². The summed E-state index contributed by atoms with van der Waals surface area (Å²) in [4.78, 5) is 12.6. The molecule has 2 rings (SSSR count). The summed E-state index contributed by atoms with van der Waals surface area (Å²) < 4.78 is 70.1. The standard InChI is InChI=1S/C22H27F3N2O4S/c1-15(2)19-10-5-6-11-20(19)31-13-12-26-21(28)16(3)27(32(4,29)30)18-9-7-8-17(14-18)22(23,24)25/h5-11,14-16H,12-13H2,1-4H3,(H,26,28). The molecule has 1 amide bonds. The third-order valence-electron chi connectivity index (χ3n) is 4.72. The Morgan fingerprint density at radius 2 is 1.75 bits per heavy atom. The van der Waals surface area contributed by atoms with Crippen LogP contribution in [0.3, 0.4) is 0 Å². The van der Waals surface area contributed by atoms with Crippen molar-refractivity contribution in [2.45, 2.75) is 38.9 Å². The Bertz CT molecular complexity index is 1040. The highest BCUT2D eigenvalue weighted by Gasteiger charge is 2.34. The number of ether oxygens (including phenoxy) is 1. The molecule has 6 nitrogen and oxygen atoms in total. The monoisotopic (exact) mass is 472 g/mol. The number of carbonyl (C=O) groups excluding carboxylic acids is 1. The Kier molecular flexibility index (Phi) is 8.17. The molecule has 0 radical (unpaired) electrons. The number of anilines is 1. The maximum absolute atomic E-state index is 13.1. The van der Waals surface area contributed by atoms with Gasteiger partial charge in [0.25, 0.3) is 0 Å². The molecule has 2 aromatic carbocycles. The Hall–Kier alpha value is -2.75. The molecule has 0 aromatic heterocycles. The van der Waals surface area contributed by atoms with Crippen LogP contribution < -0.4 is 14.4 Å². The summed E-state index contributed by atoms with van der Waals surface area (Å²) in [5.74, 6) is 0.275. The molecule has 32 heavy (non-hydrogen) atoms. The summed E-state index contributed by atoms with van der Waals surface area (Å²) in [7, 11) is -4.04. The van der Waals surface area contributed by atoms with Gasteiger partial charge in [0.2, 0.25) is 15.9 Å². The lowest BCUT2D eigenvalue weighted by molar-refractivity contribution is -0.137. The van der Waals surface area contributed by atoms with Crippen LogP contribution in [-0.4, -0.2) is 39.8 Å². The largest absolute Gasteiger partial charge is 0.491 e. The third-order valence-corrected chi connectivity index (χ3v) is 5.96. The molecule has 0 saturated carbocycles. The maximum Gasteiger partial charge on any atom is 0.416 e. The zero-order valence-electron chi connectivity index (χ0n) is 18.3. The number of nitrogens with zero attached hydrogens (tertiary/aromatic N) is 1. The lowest BCUT2D eigenvalue weighted by Gasteiger charge is -2.28. The number of amides is 1. The van der Waals surface area contributed by atoms with Crippen LogP contribution >= 0.6 is 0 Å². The second-order valence-corrected chi connectivity index (χ2v) is 9.47. The first-order chi connectivity index (χ1) is 14.8. The van der Waals surface area contributed by atoms with Crippen molar-refractivity contribution in [3.05, 3.63) is 59.7 Å². The zero-order valence-corrected chi connectivity index (χ0v) is 19.1. The van der Waals surface area contributed by atoms with Crippen LogP contribution in [0.4, 0.5) is 18.9 Å². The first-order valence-electron chi connectivity index (χ1n) is 9.98. The van der Waals surface area contributed by atoms with E-state index in [1.54, 1.807) is 0 Å². The number of carbonyl (C=O) groups is 1. The number of sulfonamides is 1. The highest BCUT2D eigenvalue weighted by atomic mass is 32.2. The van der Waals surface area contributed by atoms with Crippen molar-refractivity contribution >= 4 is 21.6 Å². The van der Waals surface area contributed by atoms with Crippen LogP contribution in [0.15, 0.2) is 48.5 Å². The molecular formula is C22H27F3N2O4S. The summed E-state index contributed by atoms with van der Waals surface area (Å²) in [6.45, 7) is 5.60. The van der Waals surface area contributed by atoms with Crippen LogP contribution in [0.2, 0.25) is 0 Å². The molecule has 0 heterocycles. The maximum atomic E-state index is 13.1. The van der Waals surface area contributed by atoms with E-state index >= 15 is 0 Å². The first-order valence-corrected chi connectivity index (χ1v) is 11.8. The van der Waals surface area contributed by atoms with Crippen LogP contribution in [0.1, 0.15) is 37.8 Å². The number of para-hydroxylation sites is 1. The average molecular weight is 473 g/mol. The van der Waals surface area contributed by atoms with Gasteiger partial charge in [-0.3, -0.25) is 9.10 Å². The van der Waals surface area contributed by atoms with Gasteiger partial charge < -0.3 is 10.1 Å². The number of rotatable bonds is 9. The first kappa shape index (κ1) is 25.5. The molecule has 1 unspecified atom stereocenters. The average Bonchev–Trinajstić information content (AvgIpc) is 2.69. The van der Waals surface area contributed by atoms with Crippen molar-refractivity contribution in [3.63, 3.8) is 0 Å². The molecule has 0 aliphatic heterocycles. The number of hydrogen-bond acceptors (Lipinski definition) is 4. The number of alkyl halides is 3. The van der Waals surface area contributed by atoms with E-state index in [4.69, 9.17) is 4.74 Å². The minimum atomic E-state index is -4.64. The highest BCUT2D eigenvalue weighted by Crippen LogP contribution is 2.33. The number of hydrogen-bond donors (Lipinski definition) is 1. The summed E-state index contributed by atoms with van der Waals surface area (Å²) >= 11 is 0. The molecule has 2 aromatic rings. The van der Waals surface area contributed by atoms with E-state index in [1.807, 2.05) is 38.1 Å². The van der Waals surface area contributed by atoms with Crippen molar-refractivity contribution in [1.82, 2.24) is 5.32 Å². The quantitative estimate of drug-likeness (QED) is 0.556. The van der Waals surface area contributed by atoms with Crippen LogP contribution in [0, 0.1) is 0 Å². The number of benzene rings is 2. The van der Waals surface area contributed by atoms with Gasteiger partial charge in [-0.05, 0) is 42.7 Å². The molecule has 1 atom stereocenters. The van der Waals surface area contributed by atoms with Gasteiger partial charge in [-0.1, -0.05) is 38.1 Å². The summed E-state index contributed by atoms with van der Waals surface area (Å²) in [6, 6.07) is 10.1. The predicted octanol–water partition coefficient (Wildman–Crippen LogP) is 4.18. The van der Waals surface area contributed by atoms with Crippen molar-refractivity contribution in [1.29, 1.82) is 0 Å². The molecule has 1 N–H and O–H groups in total. The number of halogens is 3. The van der Waals surface area contributed by atoms with Gasteiger partial charge >= 0.3 is 6.18 Å². The normalized spacial score (nSPS) is 13.0. The zero-order chi connectivity index (χ0) is 24.1. The van der Waals surface area contributed by atoms with Crippen LogP contribution in [-0.2, 0) is 21.0 Å². The SMILES string of the molecule is CC(C)c1ccccc1OCCNC(=O)C(C)N(c1cccc(C(F)(F)F)c1)S(C)(=O)=O. The van der Waals surface area contributed by atoms with E-state index < -0.39 is 33.7 Å². The minimum Gasteiger partial charge on any atom is -0.491 e. The third kappa shape index (κ3) is 6.62. The van der Waals surface area contributed by atoms with Crippen LogP contribution in [0.25, 0.3) is 0 Å². The van der Waals surface area contributed by atoms with Gasteiger partial charge in [-0.15, -0.1) is 0 Å². The van der Waals surface area contributed by atoms with Gasteiger partial charge in [0.15, 0.2) is 0 Å². The van der Waals surface area contributed by atoms with Gasteiger partial charge in [0, 0.05) is 0 Å². The van der Waals surface area contributed by atoms with E-state index in [0.717, 1.165) is 24.0 Å². The van der Waals surface area contributed by atoms with Crippen molar-refractivity contribution in [3.8, 4) is 5.75 Å². The Morgan fingerprint density at radius 1 is 1.09 bits per heavy atom. The fourth-order valence-corrected chi connectivity index (χ4v) is 4.37. The number of nitrogens with one attached hydrogen (secondary N) is 1. The fourth-order valence-electron chi connectivity index (χ4n) is 3.20. The Labute approximate surface area is 186 Å². The Morgan fingerprint density at radius 3 is 2.34 bits per heavy atom. The van der Waals surface area contributed by atoms with E-state index in [0.29, 0.717) is 16.1 Å². The molecule has 0 bridgehead atoms. The molecule has 0 aliphatic rings. The van der Waals surface area contributed by atoms with Gasteiger partial charge in [-0.2, -0.15) is 13.2 Å². The van der Waals surface area contributed by atoms with Crippen molar-refractivity contribution in [2.24, 2.45) is 0 Å². The molecule has 10 heteroatoms. The summed E-state index contributed by atoms with van der Waals surface area (Å²) in [6.07, 6.45) is -3.81. The van der Waals surface area contributed by atoms with E-state index in [9.17, 15) is 26.4 Å². The van der Waals surface area contributed by atoms with E-state index in [1.165, 1.54) is 13.0 Å². The summed E-state index contributed by atoms with van der Waals surface area (Å²) in [5.41, 5.74) is -0.236. The van der Waals surface area contributed by atoms with Crippen LogP contribution in [0.5, 0.6) is 5.75 Å². The lowest BCUT2D eigenvalue weighted by Crippen LogP contribution is -2.48. The topological polar surface area (TPSA) is 75.7 Å². The second kappa shape index (κ2) is 10.2. The molecule has 176 valence electrons. The molecule has 0 saturated heterocycles. The molecular weight excluding hydrogens is 445 g/mol.